The van der Waals surface area contributed by atoms with Crippen molar-refractivity contribution in [2.24, 2.45) is 50.7 Å². The van der Waals surface area contributed by atoms with Crippen molar-refractivity contribution < 1.29 is 21.9 Å². The van der Waals surface area contributed by atoms with Crippen molar-refractivity contribution in [1.29, 1.82) is 0 Å². The largest absolute Gasteiger partial charge is 0.726 e. The zero-order valence-electron chi connectivity index (χ0n) is 23.5. The van der Waals surface area contributed by atoms with Gasteiger partial charge >= 0.3 is 0 Å². The molecule has 0 radical (unpaired) electrons. The summed E-state index contributed by atoms with van der Waals surface area (Å²) in [5.74, 6) is 2.37. The fourth-order valence-electron chi connectivity index (χ4n) is 11.4. The van der Waals surface area contributed by atoms with E-state index < -0.39 is 16.5 Å². The minimum atomic E-state index is -4.70. The van der Waals surface area contributed by atoms with E-state index in [2.05, 4.69) is 34.6 Å². The molecule has 0 N–H and O–H groups in total. The van der Waals surface area contributed by atoms with Crippen molar-refractivity contribution in [3.8, 4) is 0 Å². The maximum Gasteiger partial charge on any atom is 0.217 e. The van der Waals surface area contributed by atoms with Gasteiger partial charge < -0.3 is 4.55 Å². The monoisotopic (exact) mass is 519 g/mol. The Morgan fingerprint density at radius 2 is 1.58 bits per heavy atom. The lowest BCUT2D eigenvalue weighted by atomic mass is 9.41. The highest BCUT2D eigenvalue weighted by molar-refractivity contribution is 7.80. The minimum Gasteiger partial charge on any atom is -0.726 e. The molecule has 0 heterocycles. The Bertz CT molecular complexity index is 1070. The van der Waals surface area contributed by atoms with Gasteiger partial charge in [0.2, 0.25) is 10.4 Å². The van der Waals surface area contributed by atoms with E-state index >= 15 is 0 Å². The molecular formula is C30H47O5S-. The van der Waals surface area contributed by atoms with E-state index in [-0.39, 0.29) is 27.4 Å². The average molecular weight is 520 g/mol. The van der Waals surface area contributed by atoms with Crippen LogP contribution in [0.25, 0.3) is 0 Å². The molecule has 6 heteroatoms. The van der Waals surface area contributed by atoms with Gasteiger partial charge in [-0.05, 0) is 128 Å². The molecule has 36 heavy (non-hydrogen) atoms. The number of hydrogen-bond acceptors (Lipinski definition) is 5. The van der Waals surface area contributed by atoms with Crippen LogP contribution in [0.4, 0.5) is 0 Å². The molecule has 0 aromatic heterocycles. The van der Waals surface area contributed by atoms with E-state index in [9.17, 15) is 17.8 Å². The molecule has 0 unspecified atom stereocenters. The Balaban J connectivity index is 1.39. The maximum atomic E-state index is 12.6. The van der Waals surface area contributed by atoms with Gasteiger partial charge in [-0.1, -0.05) is 40.2 Å². The predicted octanol–water partition coefficient (Wildman–Crippen LogP) is 6.83. The summed E-state index contributed by atoms with van der Waals surface area (Å²) in [6.45, 7) is 15.7. The van der Waals surface area contributed by atoms with E-state index in [0.29, 0.717) is 41.9 Å². The van der Waals surface area contributed by atoms with E-state index in [4.69, 9.17) is 4.18 Å². The Morgan fingerprint density at radius 3 is 2.22 bits per heavy atom. The van der Waals surface area contributed by atoms with Gasteiger partial charge in [0.1, 0.15) is 0 Å². The molecule has 0 saturated heterocycles. The van der Waals surface area contributed by atoms with Crippen molar-refractivity contribution in [2.75, 3.05) is 0 Å². The number of carbonyl (C=O) groups excluding carboxylic acids is 1. The second-order valence-corrected chi connectivity index (χ2v) is 15.9. The van der Waals surface area contributed by atoms with Gasteiger partial charge in [0.05, 0.1) is 6.10 Å². The molecule has 0 aromatic carbocycles. The van der Waals surface area contributed by atoms with E-state index in [0.717, 1.165) is 18.4 Å². The number of hydrogen-bond donors (Lipinski definition) is 0. The summed E-state index contributed by atoms with van der Waals surface area (Å²) in [5.41, 5.74) is 1.95. The number of carbonyl (C=O) groups is 1. The van der Waals surface area contributed by atoms with Crippen LogP contribution in [0.2, 0.25) is 0 Å². The topological polar surface area (TPSA) is 83.5 Å². The number of fused-ring (bicyclic) bond motifs is 2. The molecule has 5 saturated carbocycles. The summed E-state index contributed by atoms with van der Waals surface area (Å²) < 4.78 is 39.5. The van der Waals surface area contributed by atoms with Crippen molar-refractivity contribution in [3.05, 3.63) is 11.6 Å². The van der Waals surface area contributed by atoms with Gasteiger partial charge in [-0.15, -0.1) is 0 Å². The molecule has 204 valence electrons. The van der Waals surface area contributed by atoms with Crippen molar-refractivity contribution >= 4 is 16.2 Å². The van der Waals surface area contributed by atoms with E-state index in [1.165, 1.54) is 38.5 Å². The zero-order chi connectivity index (χ0) is 26.5. The molecule has 9 atom stereocenters. The molecule has 5 rings (SSSR count). The third-order valence-electron chi connectivity index (χ3n) is 13.0. The van der Waals surface area contributed by atoms with Crippen LogP contribution in [-0.4, -0.2) is 24.9 Å². The molecular weight excluding hydrogens is 472 g/mol. The zero-order valence-corrected chi connectivity index (χ0v) is 24.3. The van der Waals surface area contributed by atoms with Crippen molar-refractivity contribution in [3.63, 3.8) is 0 Å². The van der Waals surface area contributed by atoms with Crippen LogP contribution < -0.4 is 0 Å². The summed E-state index contributed by atoms with van der Waals surface area (Å²) in [6.07, 6.45) is 12.1. The lowest BCUT2D eigenvalue weighted by molar-refractivity contribution is -0.158. The highest BCUT2D eigenvalue weighted by Crippen LogP contribution is 2.89. The normalized spacial score (nSPS) is 47.6. The molecule has 5 nitrogen and oxygen atoms in total. The first-order chi connectivity index (χ1) is 16.5. The van der Waals surface area contributed by atoms with Gasteiger partial charge in [0.15, 0.2) is 5.78 Å². The summed E-state index contributed by atoms with van der Waals surface area (Å²) in [5, 5.41) is 0. The molecule has 0 amide bonds. The Morgan fingerprint density at radius 1 is 0.944 bits per heavy atom. The van der Waals surface area contributed by atoms with Gasteiger partial charge in [0, 0.05) is 6.42 Å². The van der Waals surface area contributed by atoms with Crippen LogP contribution in [0.5, 0.6) is 0 Å². The molecule has 5 aliphatic carbocycles. The molecule has 0 aromatic rings. The molecule has 0 aliphatic heterocycles. The summed E-state index contributed by atoms with van der Waals surface area (Å²) >= 11 is 0. The van der Waals surface area contributed by atoms with Crippen LogP contribution in [0, 0.1) is 50.7 Å². The highest BCUT2D eigenvalue weighted by atomic mass is 32.3. The Hall–Kier alpha value is -0.720. The SMILES string of the molecule is CC(C)=CC(=O)C[C@@H](C)[C@H]1CC[C@@]2(C)[C@@H]3CC[C@H]4C(C)(C)[C@@H](OS(=O)(=O)[O-])CC[C@@]45C[C@@]35CC[C@]12C. The lowest BCUT2D eigenvalue weighted by Crippen LogP contribution is -2.58. The Kier molecular flexibility index (Phi) is 6.08. The summed E-state index contributed by atoms with van der Waals surface area (Å²) in [4.78, 5) is 12.6. The Labute approximate surface area is 219 Å². The van der Waals surface area contributed by atoms with E-state index in [1.54, 1.807) is 0 Å². The fraction of sp³-hybridized carbons (Fsp3) is 0.900. The number of allylic oxidation sites excluding steroid dienone is 2. The average Bonchev–Trinajstić information content (AvgIpc) is 3.31. The van der Waals surface area contributed by atoms with Crippen LogP contribution >= 0.6 is 0 Å². The second-order valence-electron chi connectivity index (χ2n) is 14.9. The quantitative estimate of drug-likeness (QED) is 0.218. The molecule has 0 bridgehead atoms. The lowest BCUT2D eigenvalue weighted by Gasteiger charge is -2.63. The minimum absolute atomic E-state index is 0.261. The molecule has 2 spiro atoms. The third-order valence-corrected chi connectivity index (χ3v) is 13.5. The van der Waals surface area contributed by atoms with E-state index in [1.807, 2.05) is 19.9 Å². The van der Waals surface area contributed by atoms with Crippen LogP contribution in [0.15, 0.2) is 11.6 Å². The van der Waals surface area contributed by atoms with Gasteiger partial charge in [0.25, 0.3) is 0 Å². The van der Waals surface area contributed by atoms with Crippen LogP contribution in [-0.2, 0) is 19.4 Å². The summed E-state index contributed by atoms with van der Waals surface area (Å²) in [6, 6.07) is 0. The van der Waals surface area contributed by atoms with Gasteiger partial charge in [-0.2, -0.15) is 0 Å². The standard InChI is InChI=1S/C30H48O5S/c1-19(2)16-21(31)17-20(3)22-10-12-28(7)24-9-8-23-26(4,5)25(35-36(32,33)34)11-13-29(23)18-30(24,29)15-14-27(22,28)6/h16,20,22-25H,8-15,17-18H2,1-7H3,(H,32,33,34)/p-1/t20-,22-,23+,24+,25+,27-,28+,29-,30+/m1/s1. The first-order valence-corrected chi connectivity index (χ1v) is 15.7. The maximum absolute atomic E-state index is 12.6. The van der Waals surface area contributed by atoms with Crippen LogP contribution in [0.1, 0.15) is 113 Å². The van der Waals surface area contributed by atoms with Gasteiger partial charge in [-0.3, -0.25) is 8.98 Å². The number of rotatable bonds is 6. The third kappa shape index (κ3) is 3.59. The highest BCUT2D eigenvalue weighted by Gasteiger charge is 2.82. The first-order valence-electron chi connectivity index (χ1n) is 14.3. The fourth-order valence-corrected chi connectivity index (χ4v) is 12.1. The number of ketones is 1. The van der Waals surface area contributed by atoms with Crippen molar-refractivity contribution in [2.45, 2.75) is 119 Å². The molecule has 5 aliphatic rings. The van der Waals surface area contributed by atoms with Crippen molar-refractivity contribution in [1.82, 2.24) is 0 Å². The predicted molar refractivity (Wildman–Crippen MR) is 140 cm³/mol. The second kappa shape index (κ2) is 8.14. The summed E-state index contributed by atoms with van der Waals surface area (Å²) in [7, 11) is -4.70. The van der Waals surface area contributed by atoms with Crippen LogP contribution in [0.3, 0.4) is 0 Å². The first kappa shape index (κ1) is 26.9. The smallest absolute Gasteiger partial charge is 0.217 e. The van der Waals surface area contributed by atoms with Gasteiger partial charge in [-0.25, -0.2) is 8.42 Å². The molecule has 5 fully saturated rings.